The molecule has 1 aliphatic heterocycles. The first-order chi connectivity index (χ1) is 16.6. The van der Waals surface area contributed by atoms with Crippen LogP contribution in [0.3, 0.4) is 0 Å². The van der Waals surface area contributed by atoms with Crippen LogP contribution in [0.4, 0.5) is 0 Å². The molecule has 1 fully saturated rings. The zero-order valence-corrected chi connectivity index (χ0v) is 18.0. The number of benzene rings is 2. The van der Waals surface area contributed by atoms with E-state index in [2.05, 4.69) is 0 Å². The van der Waals surface area contributed by atoms with E-state index < -0.39 is 82.6 Å². The number of ether oxygens (including phenoxy) is 3. The zero-order valence-electron chi connectivity index (χ0n) is 18.0. The second-order valence-electron chi connectivity index (χ2n) is 7.76. The van der Waals surface area contributed by atoms with Gasteiger partial charge < -0.3 is 59.5 Å². The summed E-state index contributed by atoms with van der Waals surface area (Å²) in [5.41, 5.74) is -1.34. The van der Waals surface area contributed by atoms with Gasteiger partial charge in [0.05, 0.1) is 13.7 Å². The van der Waals surface area contributed by atoms with Crippen LogP contribution in [0.5, 0.6) is 34.5 Å². The topological polar surface area (TPSA) is 220 Å². The van der Waals surface area contributed by atoms with E-state index in [-0.39, 0.29) is 16.9 Å². The molecule has 4 rings (SSSR count). The van der Waals surface area contributed by atoms with Gasteiger partial charge in [-0.3, -0.25) is 4.79 Å². The molecular weight excluding hydrogens is 472 g/mol. The van der Waals surface area contributed by atoms with Gasteiger partial charge in [0.1, 0.15) is 35.4 Å². The van der Waals surface area contributed by atoms with Gasteiger partial charge in [-0.1, -0.05) is 0 Å². The number of phenols is 4. The summed E-state index contributed by atoms with van der Waals surface area (Å²) in [6.07, 6.45) is -8.53. The quantitative estimate of drug-likeness (QED) is 0.209. The molecule has 1 aliphatic rings. The second-order valence-corrected chi connectivity index (χ2v) is 7.76. The Hall–Kier alpha value is -3.75. The van der Waals surface area contributed by atoms with Gasteiger partial charge in [-0.15, -0.1) is 0 Å². The van der Waals surface area contributed by atoms with E-state index in [1.54, 1.807) is 0 Å². The summed E-state index contributed by atoms with van der Waals surface area (Å²) in [5, 5.41) is 79.6. The number of fused-ring (bicyclic) bond motifs is 1. The summed E-state index contributed by atoms with van der Waals surface area (Å²) in [5.74, 6) is -3.87. The van der Waals surface area contributed by atoms with Crippen LogP contribution >= 0.6 is 0 Å². The fraction of sp³-hybridized carbons (Fsp3) is 0.318. The molecular formula is C22H22O13. The van der Waals surface area contributed by atoms with Crippen molar-refractivity contribution < 1.29 is 59.5 Å². The molecule has 2 heterocycles. The van der Waals surface area contributed by atoms with Crippen molar-refractivity contribution in [3.05, 3.63) is 34.5 Å². The molecule has 8 N–H and O–H groups in total. The molecule has 2 aromatic carbocycles. The highest BCUT2D eigenvalue weighted by molar-refractivity contribution is 5.91. The van der Waals surface area contributed by atoms with Crippen molar-refractivity contribution in [2.75, 3.05) is 13.7 Å². The van der Waals surface area contributed by atoms with Crippen LogP contribution in [0.15, 0.2) is 33.5 Å². The van der Waals surface area contributed by atoms with Gasteiger partial charge in [-0.05, 0) is 18.2 Å². The molecule has 0 spiro atoms. The third kappa shape index (κ3) is 4.05. The second kappa shape index (κ2) is 9.13. The lowest BCUT2D eigenvalue weighted by molar-refractivity contribution is -0.277. The molecule has 0 amide bonds. The number of hydrogen-bond acceptors (Lipinski definition) is 13. The summed E-state index contributed by atoms with van der Waals surface area (Å²) in [6, 6.07) is 4.37. The molecule has 3 aromatic rings. The van der Waals surface area contributed by atoms with Crippen molar-refractivity contribution in [1.29, 1.82) is 0 Å². The van der Waals surface area contributed by atoms with Crippen molar-refractivity contribution in [2.24, 2.45) is 0 Å². The molecule has 188 valence electrons. The number of rotatable bonds is 5. The maximum absolute atomic E-state index is 13.5. The average Bonchev–Trinajstić information content (AvgIpc) is 2.82. The van der Waals surface area contributed by atoms with Crippen molar-refractivity contribution >= 4 is 11.0 Å². The first kappa shape index (κ1) is 24.4. The molecule has 1 aromatic heterocycles. The number of phenolic OH excluding ortho intramolecular Hbond substituents is 4. The van der Waals surface area contributed by atoms with E-state index in [9.17, 15) is 45.6 Å². The standard InChI is InChI=1S/C22H22O13/c1-32-20-10(26)5-11-13(15(20)28)16(29)21(19(33-11)7-2-3-8(24)9(25)4-7)35-22-18(31)17(30)14(27)12(6-23)34-22/h2-5,12,14,17-18,22-28,30-31H,6H2,1H3/t12-,14+,17+,18-,22-/m1/s1. The predicted molar refractivity (Wildman–Crippen MR) is 116 cm³/mol. The highest BCUT2D eigenvalue weighted by Crippen LogP contribution is 2.44. The minimum absolute atomic E-state index is 0.00584. The molecule has 13 heteroatoms. The smallest absolute Gasteiger partial charge is 0.239 e. The number of hydrogen-bond donors (Lipinski definition) is 8. The largest absolute Gasteiger partial charge is 0.504 e. The molecule has 0 saturated carbocycles. The fourth-order valence-electron chi connectivity index (χ4n) is 3.73. The summed E-state index contributed by atoms with van der Waals surface area (Å²) in [6.45, 7) is -0.757. The normalized spacial score (nSPS) is 24.4. The lowest BCUT2D eigenvalue weighted by Crippen LogP contribution is -2.60. The third-order valence-electron chi connectivity index (χ3n) is 5.57. The van der Waals surface area contributed by atoms with Crippen LogP contribution in [0.2, 0.25) is 0 Å². The van der Waals surface area contributed by atoms with Crippen molar-refractivity contribution in [2.45, 2.75) is 30.7 Å². The third-order valence-corrected chi connectivity index (χ3v) is 5.57. The van der Waals surface area contributed by atoms with Crippen molar-refractivity contribution in [1.82, 2.24) is 0 Å². The van der Waals surface area contributed by atoms with Crippen LogP contribution < -0.4 is 14.9 Å². The Balaban J connectivity index is 1.95. The van der Waals surface area contributed by atoms with Gasteiger partial charge in [-0.25, -0.2) is 0 Å². The maximum Gasteiger partial charge on any atom is 0.239 e. The van der Waals surface area contributed by atoms with Crippen LogP contribution in [-0.2, 0) is 4.74 Å². The Kier molecular flexibility index (Phi) is 6.36. The molecule has 13 nitrogen and oxygen atoms in total. The van der Waals surface area contributed by atoms with Crippen LogP contribution in [0.1, 0.15) is 0 Å². The highest BCUT2D eigenvalue weighted by atomic mass is 16.7. The molecule has 0 radical (unpaired) electrons. The molecule has 0 bridgehead atoms. The van der Waals surface area contributed by atoms with E-state index in [0.29, 0.717) is 0 Å². The fourth-order valence-corrected chi connectivity index (χ4v) is 3.73. The minimum Gasteiger partial charge on any atom is -0.504 e. The highest BCUT2D eigenvalue weighted by Gasteiger charge is 2.45. The average molecular weight is 494 g/mol. The molecule has 1 saturated heterocycles. The van der Waals surface area contributed by atoms with Crippen molar-refractivity contribution in [3.63, 3.8) is 0 Å². The summed E-state index contributed by atoms with van der Waals surface area (Å²) >= 11 is 0. The Bertz CT molecular complexity index is 1320. The SMILES string of the molecule is COc1c(O)cc2oc(-c3ccc(O)c(O)c3)c(O[C@H]3O[C@H](CO)[C@H](O)[C@H](O)[C@H]3O)c(=O)c2c1O. The van der Waals surface area contributed by atoms with Crippen LogP contribution in [-0.4, -0.2) is 85.3 Å². The van der Waals surface area contributed by atoms with Gasteiger partial charge in [0, 0.05) is 11.6 Å². The van der Waals surface area contributed by atoms with Gasteiger partial charge in [0.15, 0.2) is 28.8 Å². The van der Waals surface area contributed by atoms with E-state index in [1.165, 1.54) is 6.07 Å². The van der Waals surface area contributed by atoms with E-state index >= 15 is 0 Å². The summed E-state index contributed by atoms with van der Waals surface area (Å²) < 4.78 is 21.5. The van der Waals surface area contributed by atoms with Crippen molar-refractivity contribution in [3.8, 4) is 45.8 Å². The molecule has 5 atom stereocenters. The number of aliphatic hydroxyl groups is 4. The predicted octanol–water partition coefficient (Wildman–Crippen LogP) is -0.530. The summed E-state index contributed by atoms with van der Waals surface area (Å²) in [4.78, 5) is 13.5. The Morgan fingerprint density at radius 3 is 2.26 bits per heavy atom. The van der Waals surface area contributed by atoms with Crippen LogP contribution in [0, 0.1) is 0 Å². The van der Waals surface area contributed by atoms with Gasteiger partial charge in [-0.2, -0.15) is 0 Å². The Labute approximate surface area is 195 Å². The monoisotopic (exact) mass is 494 g/mol. The number of methoxy groups -OCH3 is 1. The molecule has 0 unspecified atom stereocenters. The Morgan fingerprint density at radius 2 is 1.63 bits per heavy atom. The van der Waals surface area contributed by atoms with Crippen LogP contribution in [0.25, 0.3) is 22.3 Å². The summed E-state index contributed by atoms with van der Waals surface area (Å²) in [7, 11) is 1.14. The molecule has 0 aliphatic carbocycles. The Morgan fingerprint density at radius 1 is 0.914 bits per heavy atom. The lowest BCUT2D eigenvalue weighted by atomic mass is 9.99. The number of aliphatic hydroxyl groups excluding tert-OH is 4. The first-order valence-corrected chi connectivity index (χ1v) is 10.2. The molecule has 35 heavy (non-hydrogen) atoms. The van der Waals surface area contributed by atoms with E-state index in [0.717, 1.165) is 25.3 Å². The van der Waals surface area contributed by atoms with Gasteiger partial charge >= 0.3 is 0 Å². The minimum atomic E-state index is -1.88. The van der Waals surface area contributed by atoms with Gasteiger partial charge in [0.25, 0.3) is 0 Å². The zero-order chi connectivity index (χ0) is 25.6. The van der Waals surface area contributed by atoms with E-state index in [1.807, 2.05) is 0 Å². The lowest BCUT2D eigenvalue weighted by Gasteiger charge is -2.39. The maximum atomic E-state index is 13.5. The number of aromatic hydroxyl groups is 4. The van der Waals surface area contributed by atoms with Gasteiger partial charge in [0.2, 0.25) is 23.2 Å². The first-order valence-electron chi connectivity index (χ1n) is 10.2. The van der Waals surface area contributed by atoms with E-state index in [4.69, 9.17) is 18.6 Å².